The summed E-state index contributed by atoms with van der Waals surface area (Å²) in [5.74, 6) is -0.0433. The van der Waals surface area contributed by atoms with Crippen LogP contribution in [0.25, 0.3) is 11.1 Å². The average molecular weight is 272 g/mol. The molecule has 0 fully saturated rings. The van der Waals surface area contributed by atoms with Gasteiger partial charge in [-0.15, -0.1) is 11.6 Å². The second-order valence-corrected chi connectivity index (χ2v) is 5.01. The first-order valence-corrected chi connectivity index (χ1v) is 6.80. The van der Waals surface area contributed by atoms with Crippen LogP contribution in [0.3, 0.4) is 0 Å². The topological polar surface area (TPSA) is 20.3 Å². The standard InChI is InChI=1S/C16H14ClNO/c1-11-5-4-8-14-16(11)13-7-3-2-6-12(13)10-18(14)15(19)9-17/h2-8H,9-10H2,1H3. The summed E-state index contributed by atoms with van der Waals surface area (Å²) in [6, 6.07) is 14.3. The number of carbonyl (C=O) groups excluding carboxylic acids is 1. The van der Waals surface area contributed by atoms with Crippen molar-refractivity contribution in [3.05, 3.63) is 53.6 Å². The molecular weight excluding hydrogens is 258 g/mol. The Balaban J connectivity index is 2.26. The molecule has 0 aromatic heterocycles. The van der Waals surface area contributed by atoms with E-state index in [4.69, 9.17) is 11.6 Å². The van der Waals surface area contributed by atoms with Gasteiger partial charge in [-0.3, -0.25) is 4.79 Å². The molecule has 0 aliphatic carbocycles. The third kappa shape index (κ3) is 1.92. The number of aryl methyl sites for hydroxylation is 1. The normalized spacial score (nSPS) is 12.8. The fourth-order valence-electron chi connectivity index (χ4n) is 2.68. The number of nitrogens with zero attached hydrogens (tertiary/aromatic N) is 1. The molecule has 1 aliphatic rings. The summed E-state index contributed by atoms with van der Waals surface area (Å²) in [5, 5.41) is 0. The van der Waals surface area contributed by atoms with Crippen molar-refractivity contribution in [3.8, 4) is 11.1 Å². The summed E-state index contributed by atoms with van der Waals surface area (Å²) in [4.78, 5) is 13.8. The van der Waals surface area contributed by atoms with Gasteiger partial charge >= 0.3 is 0 Å². The zero-order valence-corrected chi connectivity index (χ0v) is 11.4. The highest BCUT2D eigenvalue weighted by atomic mass is 35.5. The van der Waals surface area contributed by atoms with Crippen LogP contribution in [0.2, 0.25) is 0 Å². The SMILES string of the molecule is Cc1cccc2c1-c1ccccc1CN2C(=O)CCl. The maximum Gasteiger partial charge on any atom is 0.242 e. The van der Waals surface area contributed by atoms with Gasteiger partial charge < -0.3 is 4.90 Å². The predicted octanol–water partition coefficient (Wildman–Crippen LogP) is 3.75. The number of amides is 1. The lowest BCUT2D eigenvalue weighted by Crippen LogP contribution is -2.34. The Morgan fingerprint density at radius 3 is 2.79 bits per heavy atom. The second kappa shape index (κ2) is 4.71. The van der Waals surface area contributed by atoms with E-state index < -0.39 is 0 Å². The number of fused-ring (bicyclic) bond motifs is 3. The van der Waals surface area contributed by atoms with Gasteiger partial charge in [-0.1, -0.05) is 36.4 Å². The molecule has 0 radical (unpaired) electrons. The van der Waals surface area contributed by atoms with Crippen LogP contribution in [0, 0.1) is 6.92 Å². The molecule has 19 heavy (non-hydrogen) atoms. The van der Waals surface area contributed by atoms with Crippen molar-refractivity contribution in [2.24, 2.45) is 0 Å². The molecule has 3 heteroatoms. The first-order chi connectivity index (χ1) is 9.22. The summed E-state index contributed by atoms with van der Waals surface area (Å²) in [5.41, 5.74) is 5.67. The van der Waals surface area contributed by atoms with E-state index >= 15 is 0 Å². The summed E-state index contributed by atoms with van der Waals surface area (Å²) < 4.78 is 0. The van der Waals surface area contributed by atoms with Crippen molar-refractivity contribution < 1.29 is 4.79 Å². The highest BCUT2D eigenvalue weighted by molar-refractivity contribution is 6.29. The van der Waals surface area contributed by atoms with Crippen molar-refractivity contribution in [3.63, 3.8) is 0 Å². The Kier molecular flexibility index (Phi) is 3.03. The van der Waals surface area contributed by atoms with Gasteiger partial charge in [-0.2, -0.15) is 0 Å². The van der Waals surface area contributed by atoms with Gasteiger partial charge in [0.25, 0.3) is 0 Å². The minimum Gasteiger partial charge on any atom is -0.306 e. The van der Waals surface area contributed by atoms with E-state index in [9.17, 15) is 4.79 Å². The van der Waals surface area contributed by atoms with Crippen LogP contribution in [0.15, 0.2) is 42.5 Å². The first-order valence-electron chi connectivity index (χ1n) is 6.26. The first kappa shape index (κ1) is 12.2. The fourth-order valence-corrected chi connectivity index (χ4v) is 2.82. The largest absolute Gasteiger partial charge is 0.306 e. The van der Waals surface area contributed by atoms with Gasteiger partial charge in [0.2, 0.25) is 5.91 Å². The zero-order valence-electron chi connectivity index (χ0n) is 10.7. The molecule has 3 rings (SSSR count). The number of alkyl halides is 1. The van der Waals surface area contributed by atoms with Crippen molar-refractivity contribution in [1.82, 2.24) is 0 Å². The molecule has 0 saturated carbocycles. The molecule has 0 spiro atoms. The Bertz CT molecular complexity index is 651. The van der Waals surface area contributed by atoms with Crippen LogP contribution >= 0.6 is 11.6 Å². The molecule has 96 valence electrons. The number of halogens is 1. The van der Waals surface area contributed by atoms with E-state index in [1.807, 2.05) is 24.3 Å². The molecule has 2 aromatic rings. The molecule has 1 heterocycles. The third-order valence-corrected chi connectivity index (χ3v) is 3.80. The van der Waals surface area contributed by atoms with E-state index in [-0.39, 0.29) is 11.8 Å². The Morgan fingerprint density at radius 1 is 1.21 bits per heavy atom. The summed E-state index contributed by atoms with van der Waals surface area (Å²) in [6.07, 6.45) is 0. The molecule has 1 amide bonds. The molecule has 0 bridgehead atoms. The number of anilines is 1. The smallest absolute Gasteiger partial charge is 0.242 e. The van der Waals surface area contributed by atoms with Crippen molar-refractivity contribution in [2.75, 3.05) is 10.8 Å². The van der Waals surface area contributed by atoms with Crippen molar-refractivity contribution in [1.29, 1.82) is 0 Å². The summed E-state index contributed by atoms with van der Waals surface area (Å²) in [7, 11) is 0. The van der Waals surface area contributed by atoms with Crippen LogP contribution in [0.4, 0.5) is 5.69 Å². The average Bonchev–Trinajstić information content (AvgIpc) is 2.45. The minimum atomic E-state index is -0.0528. The maximum atomic E-state index is 12.0. The summed E-state index contributed by atoms with van der Waals surface area (Å²) >= 11 is 5.73. The maximum absolute atomic E-state index is 12.0. The molecular formula is C16H14ClNO. The molecule has 0 atom stereocenters. The molecule has 1 aliphatic heterocycles. The van der Waals surface area contributed by atoms with Crippen LogP contribution < -0.4 is 4.90 Å². The van der Waals surface area contributed by atoms with Gasteiger partial charge in [0, 0.05) is 5.56 Å². The van der Waals surface area contributed by atoms with Crippen LogP contribution in [0.1, 0.15) is 11.1 Å². The Hall–Kier alpha value is -1.80. The van der Waals surface area contributed by atoms with Crippen LogP contribution in [-0.4, -0.2) is 11.8 Å². The predicted molar refractivity (Wildman–Crippen MR) is 78.5 cm³/mol. The number of hydrogen-bond acceptors (Lipinski definition) is 1. The summed E-state index contributed by atoms with van der Waals surface area (Å²) in [6.45, 7) is 2.67. The lowest BCUT2D eigenvalue weighted by Gasteiger charge is -2.31. The monoisotopic (exact) mass is 271 g/mol. The second-order valence-electron chi connectivity index (χ2n) is 4.74. The molecule has 2 aromatic carbocycles. The van der Waals surface area contributed by atoms with Crippen LogP contribution in [-0.2, 0) is 11.3 Å². The Labute approximate surface area is 117 Å². The molecule has 2 nitrogen and oxygen atoms in total. The molecule has 0 saturated heterocycles. The third-order valence-electron chi connectivity index (χ3n) is 3.57. The van der Waals surface area contributed by atoms with Crippen molar-refractivity contribution >= 4 is 23.2 Å². The number of carbonyl (C=O) groups is 1. The zero-order chi connectivity index (χ0) is 13.4. The van der Waals surface area contributed by atoms with Gasteiger partial charge in [-0.05, 0) is 29.7 Å². The lowest BCUT2D eigenvalue weighted by molar-refractivity contribution is -0.116. The van der Waals surface area contributed by atoms with E-state index in [1.165, 1.54) is 16.7 Å². The molecule has 0 unspecified atom stereocenters. The quantitative estimate of drug-likeness (QED) is 0.724. The Morgan fingerprint density at radius 2 is 2.00 bits per heavy atom. The minimum absolute atomic E-state index is 0.00947. The number of rotatable bonds is 1. The van der Waals surface area contributed by atoms with E-state index in [0.29, 0.717) is 6.54 Å². The van der Waals surface area contributed by atoms with Crippen molar-refractivity contribution in [2.45, 2.75) is 13.5 Å². The van der Waals surface area contributed by atoms with E-state index in [1.54, 1.807) is 4.90 Å². The highest BCUT2D eigenvalue weighted by Crippen LogP contribution is 2.40. The van der Waals surface area contributed by atoms with Gasteiger partial charge in [0.15, 0.2) is 0 Å². The fraction of sp³-hybridized carbons (Fsp3) is 0.188. The van der Waals surface area contributed by atoms with E-state index in [2.05, 4.69) is 25.1 Å². The van der Waals surface area contributed by atoms with Crippen LogP contribution in [0.5, 0.6) is 0 Å². The van der Waals surface area contributed by atoms with E-state index in [0.717, 1.165) is 11.3 Å². The lowest BCUT2D eigenvalue weighted by atomic mass is 9.90. The number of benzene rings is 2. The molecule has 0 N–H and O–H groups in total. The highest BCUT2D eigenvalue weighted by Gasteiger charge is 2.26. The van der Waals surface area contributed by atoms with Gasteiger partial charge in [0.1, 0.15) is 5.88 Å². The van der Waals surface area contributed by atoms with Gasteiger partial charge in [-0.25, -0.2) is 0 Å². The number of hydrogen-bond donors (Lipinski definition) is 0. The van der Waals surface area contributed by atoms with Gasteiger partial charge in [0.05, 0.1) is 12.2 Å².